The molecule has 0 aliphatic carbocycles. The number of carbonyl (C=O) groups excluding carboxylic acids is 1. The largest absolute Gasteiger partial charge is 0.481 e. The van der Waals surface area contributed by atoms with Gasteiger partial charge in [0.15, 0.2) is 0 Å². The van der Waals surface area contributed by atoms with Gasteiger partial charge in [0.25, 0.3) is 0 Å². The minimum absolute atomic E-state index is 0.0702. The summed E-state index contributed by atoms with van der Waals surface area (Å²) in [5.41, 5.74) is -2.61. The molecule has 2 atom stereocenters. The lowest BCUT2D eigenvalue weighted by atomic mass is 9.80. The number of carbonyl (C=O) groups is 4. The van der Waals surface area contributed by atoms with Gasteiger partial charge in [-0.1, -0.05) is 77.6 Å². The molecule has 0 saturated carbocycles. The predicted octanol–water partition coefficient (Wildman–Crippen LogP) is 4.25. The van der Waals surface area contributed by atoms with Gasteiger partial charge in [0, 0.05) is 6.92 Å². The van der Waals surface area contributed by atoms with Crippen molar-refractivity contribution in [1.82, 2.24) is 0 Å². The lowest BCUT2D eigenvalue weighted by Crippen LogP contribution is -2.53. The maximum atomic E-state index is 11.7. The highest BCUT2D eigenvalue weighted by Gasteiger charge is 2.54. The summed E-state index contributed by atoms with van der Waals surface area (Å²) >= 11 is 0. The van der Waals surface area contributed by atoms with Crippen molar-refractivity contribution in [3.8, 4) is 0 Å². The summed E-state index contributed by atoms with van der Waals surface area (Å²) in [7, 11) is 0. The van der Waals surface area contributed by atoms with E-state index in [2.05, 4.69) is 6.92 Å². The fourth-order valence-corrected chi connectivity index (χ4v) is 3.55. The highest BCUT2D eigenvalue weighted by Crippen LogP contribution is 2.32. The first-order valence-corrected chi connectivity index (χ1v) is 10.5. The zero-order chi connectivity index (χ0) is 22.3. The predicted molar refractivity (Wildman–Crippen MR) is 107 cm³/mol. The van der Waals surface area contributed by atoms with Gasteiger partial charge in [-0.25, -0.2) is 4.79 Å². The number of unbranched alkanes of at least 4 members (excludes halogenated alkanes) is 10. The Morgan fingerprint density at radius 2 is 1.24 bits per heavy atom. The second-order valence-corrected chi connectivity index (χ2v) is 7.57. The van der Waals surface area contributed by atoms with Gasteiger partial charge in [0.05, 0.1) is 6.42 Å². The third-order valence-corrected chi connectivity index (χ3v) is 5.06. The second kappa shape index (κ2) is 14.8. The van der Waals surface area contributed by atoms with Gasteiger partial charge in [0.2, 0.25) is 5.60 Å². The summed E-state index contributed by atoms with van der Waals surface area (Å²) in [5.74, 6) is -7.44. The van der Waals surface area contributed by atoms with Crippen LogP contribution in [0.15, 0.2) is 0 Å². The van der Waals surface area contributed by atoms with Crippen molar-refractivity contribution in [2.45, 2.75) is 103 Å². The Hall–Kier alpha value is -2.12. The molecule has 0 radical (unpaired) electrons. The Balaban J connectivity index is 4.60. The normalized spacial score (nSPS) is 14.0. The SMILES string of the molecule is CCCCCCCCCCCCCC(C(=O)O)C(CC(=O)O)(OC(C)=O)C(=O)O. The zero-order valence-electron chi connectivity index (χ0n) is 17.7. The third kappa shape index (κ3) is 10.9. The Bertz CT molecular complexity index is 513. The molecule has 0 fully saturated rings. The highest BCUT2D eigenvalue weighted by atomic mass is 16.6. The average molecular weight is 417 g/mol. The van der Waals surface area contributed by atoms with Gasteiger partial charge in [-0.2, -0.15) is 0 Å². The number of ether oxygens (including phenoxy) is 1. The van der Waals surface area contributed by atoms with Crippen molar-refractivity contribution in [2.24, 2.45) is 5.92 Å². The number of carboxylic acid groups (broad SMARTS) is 3. The molecule has 0 rings (SSSR count). The molecule has 0 bridgehead atoms. The van der Waals surface area contributed by atoms with Gasteiger partial charge in [-0.15, -0.1) is 0 Å². The van der Waals surface area contributed by atoms with E-state index in [9.17, 15) is 29.4 Å². The van der Waals surface area contributed by atoms with Crippen LogP contribution in [0.5, 0.6) is 0 Å². The lowest BCUT2D eigenvalue weighted by Gasteiger charge is -2.32. The van der Waals surface area contributed by atoms with E-state index in [1.165, 1.54) is 38.5 Å². The number of carboxylic acids is 3. The van der Waals surface area contributed by atoms with E-state index in [4.69, 9.17) is 9.84 Å². The van der Waals surface area contributed by atoms with Gasteiger partial charge >= 0.3 is 23.9 Å². The Kier molecular flexibility index (Phi) is 13.7. The van der Waals surface area contributed by atoms with E-state index in [-0.39, 0.29) is 6.42 Å². The molecule has 0 aliphatic rings. The van der Waals surface area contributed by atoms with E-state index in [0.717, 1.165) is 26.2 Å². The van der Waals surface area contributed by atoms with Crippen molar-refractivity contribution in [2.75, 3.05) is 0 Å². The first-order chi connectivity index (χ1) is 13.7. The summed E-state index contributed by atoms with van der Waals surface area (Å²) in [4.78, 5) is 45.9. The van der Waals surface area contributed by atoms with Crippen molar-refractivity contribution in [3.63, 3.8) is 0 Å². The average Bonchev–Trinajstić information content (AvgIpc) is 2.60. The molecule has 0 aromatic rings. The molecule has 8 nitrogen and oxygen atoms in total. The number of esters is 1. The molecule has 168 valence electrons. The van der Waals surface area contributed by atoms with E-state index < -0.39 is 41.8 Å². The van der Waals surface area contributed by atoms with E-state index in [1.807, 2.05) is 0 Å². The Morgan fingerprint density at radius 3 is 1.59 bits per heavy atom. The molecule has 0 spiro atoms. The molecule has 0 aromatic carbocycles. The molecule has 0 saturated heterocycles. The quantitative estimate of drug-likeness (QED) is 0.223. The molecule has 8 heteroatoms. The maximum absolute atomic E-state index is 11.7. The van der Waals surface area contributed by atoms with Gasteiger partial charge in [-0.05, 0) is 6.42 Å². The van der Waals surface area contributed by atoms with Crippen molar-refractivity contribution in [1.29, 1.82) is 0 Å². The molecule has 0 heterocycles. The standard InChI is InChI=1S/C21H36O8/c1-3-4-5-6-7-8-9-10-11-12-13-14-17(19(25)26)21(20(27)28,15-18(23)24)29-16(2)22/h17H,3-15H2,1-2H3,(H,23,24)(H,25,26)(H,27,28). The summed E-state index contributed by atoms with van der Waals surface area (Å²) in [6.45, 7) is 3.12. The molecular formula is C21H36O8. The van der Waals surface area contributed by atoms with Crippen LogP contribution in [0.3, 0.4) is 0 Å². The Morgan fingerprint density at radius 1 is 0.793 bits per heavy atom. The Labute approximate surface area is 172 Å². The maximum Gasteiger partial charge on any atom is 0.349 e. The number of aliphatic carboxylic acids is 3. The van der Waals surface area contributed by atoms with Crippen LogP contribution < -0.4 is 0 Å². The van der Waals surface area contributed by atoms with E-state index in [1.54, 1.807) is 0 Å². The fraction of sp³-hybridized carbons (Fsp3) is 0.810. The molecule has 29 heavy (non-hydrogen) atoms. The van der Waals surface area contributed by atoms with Gasteiger partial charge < -0.3 is 20.1 Å². The molecule has 0 aliphatic heterocycles. The topological polar surface area (TPSA) is 138 Å². The van der Waals surface area contributed by atoms with Crippen LogP contribution in [0, 0.1) is 5.92 Å². The number of hydrogen-bond acceptors (Lipinski definition) is 5. The zero-order valence-corrected chi connectivity index (χ0v) is 17.7. The van der Waals surface area contributed by atoms with Crippen molar-refractivity contribution in [3.05, 3.63) is 0 Å². The van der Waals surface area contributed by atoms with Gasteiger partial charge in [0.1, 0.15) is 5.92 Å². The summed E-state index contributed by atoms with van der Waals surface area (Å²) in [6, 6.07) is 0. The van der Waals surface area contributed by atoms with Crippen LogP contribution in [0.4, 0.5) is 0 Å². The van der Waals surface area contributed by atoms with Crippen molar-refractivity contribution < 1.29 is 39.2 Å². The van der Waals surface area contributed by atoms with E-state index in [0.29, 0.717) is 12.8 Å². The number of rotatable bonds is 18. The number of hydrogen-bond donors (Lipinski definition) is 3. The molecule has 2 unspecified atom stereocenters. The summed E-state index contributed by atoms with van der Waals surface area (Å²) < 4.78 is 4.78. The van der Waals surface area contributed by atoms with Crippen LogP contribution >= 0.6 is 0 Å². The fourth-order valence-electron chi connectivity index (χ4n) is 3.55. The second-order valence-electron chi connectivity index (χ2n) is 7.57. The van der Waals surface area contributed by atoms with Crippen molar-refractivity contribution >= 4 is 23.9 Å². The molecule has 0 amide bonds. The first-order valence-electron chi connectivity index (χ1n) is 10.5. The lowest BCUT2D eigenvalue weighted by molar-refractivity contribution is -0.193. The third-order valence-electron chi connectivity index (χ3n) is 5.06. The minimum Gasteiger partial charge on any atom is -0.481 e. The van der Waals surface area contributed by atoms with E-state index >= 15 is 0 Å². The molecule has 0 aromatic heterocycles. The monoisotopic (exact) mass is 416 g/mol. The summed E-state index contributed by atoms with van der Waals surface area (Å²) in [6.07, 6.45) is 10.4. The van der Waals surface area contributed by atoms with Gasteiger partial charge in [-0.3, -0.25) is 14.4 Å². The molecule has 3 N–H and O–H groups in total. The molecular weight excluding hydrogens is 380 g/mol. The minimum atomic E-state index is -2.61. The summed E-state index contributed by atoms with van der Waals surface area (Å²) in [5, 5.41) is 28.1. The van der Waals surface area contributed by atoms with Crippen LogP contribution in [0.25, 0.3) is 0 Å². The highest BCUT2D eigenvalue weighted by molar-refractivity contribution is 5.91. The first kappa shape index (κ1) is 26.9. The van der Waals surface area contributed by atoms with Crippen LogP contribution in [0.1, 0.15) is 97.3 Å². The van der Waals surface area contributed by atoms with Crippen LogP contribution in [-0.2, 0) is 23.9 Å². The van der Waals surface area contributed by atoms with Crippen LogP contribution in [0.2, 0.25) is 0 Å². The smallest absolute Gasteiger partial charge is 0.349 e. The van der Waals surface area contributed by atoms with Crippen LogP contribution in [-0.4, -0.2) is 44.8 Å².